The molecule has 0 amide bonds. The Morgan fingerprint density at radius 2 is 1.83 bits per heavy atom. The molecule has 1 saturated carbocycles. The number of rotatable bonds is 2. The average molecular weight is 261 g/mol. The van der Waals surface area contributed by atoms with Crippen LogP contribution in [0.15, 0.2) is 6.20 Å². The monoisotopic (exact) mass is 261 g/mol. The number of hydrogen-bond donors (Lipinski definition) is 1. The molecule has 18 heavy (non-hydrogen) atoms. The van der Waals surface area contributed by atoms with E-state index in [9.17, 15) is 13.2 Å². The van der Waals surface area contributed by atoms with Crippen molar-refractivity contribution in [3.05, 3.63) is 17.5 Å². The van der Waals surface area contributed by atoms with Crippen LogP contribution in [0, 0.1) is 0 Å². The van der Waals surface area contributed by atoms with Gasteiger partial charge in [-0.15, -0.1) is 0 Å². The summed E-state index contributed by atoms with van der Waals surface area (Å²) in [5, 5.41) is 3.94. The van der Waals surface area contributed by atoms with Crippen LogP contribution in [0.4, 0.5) is 13.2 Å². The number of nitrogens with two attached hydrogens (primary N) is 1. The van der Waals surface area contributed by atoms with Crippen LogP contribution in [-0.4, -0.2) is 9.78 Å². The summed E-state index contributed by atoms with van der Waals surface area (Å²) < 4.78 is 40.4. The Kier molecular flexibility index (Phi) is 3.94. The Bertz CT molecular complexity index is 390. The Morgan fingerprint density at radius 3 is 2.33 bits per heavy atom. The van der Waals surface area contributed by atoms with Crippen LogP contribution in [0.2, 0.25) is 0 Å². The fraction of sp³-hybridized carbons (Fsp3) is 0.750. The summed E-state index contributed by atoms with van der Waals surface area (Å²) in [6, 6.07) is -0.135. The maximum Gasteiger partial charge on any atom is 0.433 e. The van der Waals surface area contributed by atoms with Gasteiger partial charge in [0.05, 0.1) is 12.2 Å². The van der Waals surface area contributed by atoms with Crippen LogP contribution in [0.3, 0.4) is 0 Å². The first-order chi connectivity index (χ1) is 8.54. The zero-order valence-corrected chi connectivity index (χ0v) is 10.2. The van der Waals surface area contributed by atoms with Gasteiger partial charge in [0.2, 0.25) is 0 Å². The second kappa shape index (κ2) is 5.30. The second-order valence-corrected chi connectivity index (χ2v) is 4.81. The van der Waals surface area contributed by atoms with Crippen molar-refractivity contribution in [3.63, 3.8) is 0 Å². The normalized spacial score (nSPS) is 18.9. The van der Waals surface area contributed by atoms with Gasteiger partial charge in [-0.1, -0.05) is 25.7 Å². The highest BCUT2D eigenvalue weighted by Crippen LogP contribution is 2.36. The van der Waals surface area contributed by atoms with Crippen LogP contribution < -0.4 is 5.73 Å². The molecule has 1 aromatic rings. The molecule has 1 aliphatic rings. The molecule has 0 spiro atoms. The molecule has 1 aromatic heterocycles. The first kappa shape index (κ1) is 13.4. The quantitative estimate of drug-likeness (QED) is 0.830. The van der Waals surface area contributed by atoms with Crippen molar-refractivity contribution in [2.75, 3.05) is 0 Å². The van der Waals surface area contributed by atoms with Gasteiger partial charge in [0, 0.05) is 12.1 Å². The van der Waals surface area contributed by atoms with E-state index in [1.54, 1.807) is 0 Å². The molecule has 1 aliphatic carbocycles. The van der Waals surface area contributed by atoms with Crippen molar-refractivity contribution in [2.45, 2.75) is 57.3 Å². The number of halogens is 3. The minimum atomic E-state index is -4.38. The molecule has 0 unspecified atom stereocenters. The van der Waals surface area contributed by atoms with Gasteiger partial charge in [0.1, 0.15) is 5.69 Å². The molecule has 0 saturated heterocycles. The molecule has 6 heteroatoms. The molecule has 0 aliphatic heterocycles. The van der Waals surface area contributed by atoms with Crippen LogP contribution in [-0.2, 0) is 12.7 Å². The first-order valence-electron chi connectivity index (χ1n) is 6.37. The topological polar surface area (TPSA) is 43.8 Å². The highest BCUT2D eigenvalue weighted by molar-refractivity contribution is 5.21. The fourth-order valence-electron chi connectivity index (χ4n) is 2.64. The summed E-state index contributed by atoms with van der Waals surface area (Å²) in [7, 11) is 0. The van der Waals surface area contributed by atoms with Gasteiger partial charge in [-0.2, -0.15) is 18.3 Å². The molecule has 1 fully saturated rings. The lowest BCUT2D eigenvalue weighted by molar-refractivity contribution is -0.145. The summed E-state index contributed by atoms with van der Waals surface area (Å²) in [4.78, 5) is 0. The van der Waals surface area contributed by atoms with Gasteiger partial charge < -0.3 is 5.73 Å². The summed E-state index contributed by atoms with van der Waals surface area (Å²) in [5.74, 6) is 0. The molecule has 3 nitrogen and oxygen atoms in total. The van der Waals surface area contributed by atoms with E-state index in [0.29, 0.717) is 0 Å². The predicted molar refractivity (Wildman–Crippen MR) is 61.9 cm³/mol. The summed E-state index contributed by atoms with van der Waals surface area (Å²) >= 11 is 0. The number of aromatic nitrogens is 2. The Morgan fingerprint density at radius 1 is 1.22 bits per heavy atom. The third-order valence-electron chi connectivity index (χ3n) is 3.53. The van der Waals surface area contributed by atoms with E-state index in [1.807, 2.05) is 0 Å². The van der Waals surface area contributed by atoms with Gasteiger partial charge in [-0.3, -0.25) is 4.68 Å². The minimum Gasteiger partial charge on any atom is -0.326 e. The first-order valence-corrected chi connectivity index (χ1v) is 6.37. The lowest BCUT2D eigenvalue weighted by Crippen LogP contribution is -2.21. The van der Waals surface area contributed by atoms with Crippen molar-refractivity contribution in [1.82, 2.24) is 9.78 Å². The van der Waals surface area contributed by atoms with Crippen molar-refractivity contribution in [1.29, 1.82) is 0 Å². The van der Waals surface area contributed by atoms with E-state index in [0.717, 1.165) is 43.2 Å². The molecular formula is C12H18F3N3. The molecule has 0 bridgehead atoms. The van der Waals surface area contributed by atoms with E-state index in [4.69, 9.17) is 5.73 Å². The molecule has 2 N–H and O–H groups in total. The summed E-state index contributed by atoms with van der Waals surface area (Å²) in [6.45, 7) is -0.123. The minimum absolute atomic E-state index is 0.0896. The standard InChI is InChI=1S/C12H18F3N3/c13-12(14,15)11-9(7-16)8-17-18(11)10-5-3-1-2-4-6-10/h8,10H,1-7,16H2. The number of hydrogen-bond acceptors (Lipinski definition) is 2. The maximum absolute atomic E-state index is 13.1. The zero-order chi connectivity index (χ0) is 13.2. The van der Waals surface area contributed by atoms with Crippen molar-refractivity contribution in [3.8, 4) is 0 Å². The number of alkyl halides is 3. The Labute approximate surface area is 104 Å². The molecule has 1 heterocycles. The fourth-order valence-corrected chi connectivity index (χ4v) is 2.64. The Balaban J connectivity index is 2.34. The van der Waals surface area contributed by atoms with Crippen LogP contribution in [0.1, 0.15) is 55.8 Å². The van der Waals surface area contributed by atoms with Gasteiger partial charge >= 0.3 is 6.18 Å². The molecule has 2 rings (SSSR count). The third kappa shape index (κ3) is 2.68. The smallest absolute Gasteiger partial charge is 0.326 e. The van der Waals surface area contributed by atoms with Gasteiger partial charge in [0.25, 0.3) is 0 Å². The highest BCUT2D eigenvalue weighted by atomic mass is 19.4. The molecule has 0 radical (unpaired) electrons. The molecular weight excluding hydrogens is 243 g/mol. The van der Waals surface area contributed by atoms with E-state index in [1.165, 1.54) is 6.20 Å². The van der Waals surface area contributed by atoms with Crippen LogP contribution in [0.25, 0.3) is 0 Å². The van der Waals surface area contributed by atoms with Crippen molar-refractivity contribution < 1.29 is 13.2 Å². The lowest BCUT2D eigenvalue weighted by Gasteiger charge is -2.20. The number of nitrogens with zero attached hydrogens (tertiary/aromatic N) is 2. The van der Waals surface area contributed by atoms with E-state index >= 15 is 0 Å². The van der Waals surface area contributed by atoms with Gasteiger partial charge in [0.15, 0.2) is 0 Å². The maximum atomic E-state index is 13.1. The molecule has 102 valence electrons. The Hall–Kier alpha value is -1.04. The van der Waals surface area contributed by atoms with Gasteiger partial charge in [-0.05, 0) is 12.8 Å². The van der Waals surface area contributed by atoms with Crippen molar-refractivity contribution >= 4 is 0 Å². The van der Waals surface area contributed by atoms with E-state index in [-0.39, 0.29) is 18.2 Å². The summed E-state index contributed by atoms with van der Waals surface area (Å²) in [6.07, 6.45) is 2.57. The third-order valence-corrected chi connectivity index (χ3v) is 3.53. The SMILES string of the molecule is NCc1cnn(C2CCCCCC2)c1C(F)(F)F. The van der Waals surface area contributed by atoms with E-state index < -0.39 is 11.9 Å². The summed E-state index contributed by atoms with van der Waals surface area (Å²) in [5.41, 5.74) is 4.80. The largest absolute Gasteiger partial charge is 0.433 e. The average Bonchev–Trinajstić information content (AvgIpc) is 2.57. The predicted octanol–water partition coefficient (Wildman–Crippen LogP) is 3.26. The van der Waals surface area contributed by atoms with E-state index in [2.05, 4.69) is 5.10 Å². The molecule has 0 atom stereocenters. The molecule has 0 aromatic carbocycles. The lowest BCUT2D eigenvalue weighted by atomic mass is 10.1. The van der Waals surface area contributed by atoms with Crippen LogP contribution >= 0.6 is 0 Å². The zero-order valence-electron chi connectivity index (χ0n) is 10.2. The highest BCUT2D eigenvalue weighted by Gasteiger charge is 2.39. The van der Waals surface area contributed by atoms with Crippen LogP contribution in [0.5, 0.6) is 0 Å². The second-order valence-electron chi connectivity index (χ2n) is 4.81. The van der Waals surface area contributed by atoms with Crippen molar-refractivity contribution in [2.24, 2.45) is 5.73 Å². The van der Waals surface area contributed by atoms with Gasteiger partial charge in [-0.25, -0.2) is 0 Å².